The molecule has 4 nitrogen and oxygen atoms in total. The predicted molar refractivity (Wildman–Crippen MR) is 97.4 cm³/mol. The largest absolute Gasteiger partial charge is 0.276 e. The number of rotatable bonds is 1. The predicted octanol–water partition coefficient (Wildman–Crippen LogP) is 4.38. The van der Waals surface area contributed by atoms with Gasteiger partial charge in [0.1, 0.15) is 0 Å². The molecule has 0 amide bonds. The fourth-order valence-electron chi connectivity index (χ4n) is 6.73. The normalized spacial score (nSPS) is 33.6. The van der Waals surface area contributed by atoms with E-state index in [0.717, 1.165) is 59.0 Å². The highest BCUT2D eigenvalue weighted by atomic mass is 16.2. The van der Waals surface area contributed by atoms with Crippen LogP contribution < -0.4 is 0 Å². The summed E-state index contributed by atoms with van der Waals surface area (Å²) < 4.78 is 3.91. The number of carbonyl (C=O) groups is 1. The summed E-state index contributed by atoms with van der Waals surface area (Å²) in [5.41, 5.74) is 2.98. The fraction of sp³-hybridized carbons (Fsp3) is 0.524. The highest BCUT2D eigenvalue weighted by Crippen LogP contribution is 2.60. The molecule has 0 aliphatic heterocycles. The third-order valence-corrected chi connectivity index (χ3v) is 7.26. The Hall–Kier alpha value is -2.10. The van der Waals surface area contributed by atoms with E-state index in [0.29, 0.717) is 5.91 Å². The first-order valence-electron chi connectivity index (χ1n) is 9.60. The summed E-state index contributed by atoms with van der Waals surface area (Å²) >= 11 is 0. The summed E-state index contributed by atoms with van der Waals surface area (Å²) in [6.07, 6.45) is 9.27. The molecule has 4 aliphatic rings. The zero-order valence-electron chi connectivity index (χ0n) is 14.6. The fourth-order valence-corrected chi connectivity index (χ4v) is 6.73. The average molecular weight is 333 g/mol. The van der Waals surface area contributed by atoms with Crippen molar-refractivity contribution < 1.29 is 4.79 Å². The number of benzene rings is 1. The average Bonchev–Trinajstić information content (AvgIpc) is 3.11. The van der Waals surface area contributed by atoms with E-state index in [-0.39, 0.29) is 5.41 Å². The third-order valence-electron chi connectivity index (χ3n) is 7.26. The monoisotopic (exact) mass is 333 g/mol. The highest BCUT2D eigenvalue weighted by Gasteiger charge is 2.55. The molecule has 0 unspecified atom stereocenters. The molecule has 4 saturated carbocycles. The lowest BCUT2D eigenvalue weighted by molar-refractivity contribution is -0.0395. The molecular weight excluding hydrogens is 310 g/mol. The standard InChI is InChI=1S/C21H23N3O/c1-23-19-16-4-2-3-5-17(16)24(18(19)12-22-23)20(25)21-9-13-6-14(10-21)8-15(7-13)11-21/h2-5,12-15H,6-11H2,1H3. The van der Waals surface area contributed by atoms with Gasteiger partial charge in [-0.2, -0.15) is 5.10 Å². The molecule has 128 valence electrons. The summed E-state index contributed by atoms with van der Waals surface area (Å²) in [6, 6.07) is 8.29. The number of carbonyl (C=O) groups excluding carboxylic acids is 1. The minimum Gasteiger partial charge on any atom is -0.276 e. The maximum atomic E-state index is 13.9. The minimum absolute atomic E-state index is 0.126. The van der Waals surface area contributed by atoms with Crippen LogP contribution in [0.5, 0.6) is 0 Å². The van der Waals surface area contributed by atoms with Crippen molar-refractivity contribution in [1.29, 1.82) is 0 Å². The van der Waals surface area contributed by atoms with Crippen LogP contribution in [0.3, 0.4) is 0 Å². The Morgan fingerprint density at radius 1 is 1.04 bits per heavy atom. The molecule has 2 aromatic heterocycles. The number of hydrogen-bond acceptors (Lipinski definition) is 2. The van der Waals surface area contributed by atoms with Gasteiger partial charge >= 0.3 is 0 Å². The van der Waals surface area contributed by atoms with Crippen LogP contribution in [0, 0.1) is 23.2 Å². The SMILES string of the molecule is Cn1ncc2c1c1ccccc1n2C(=O)C12CC3CC(CC(C3)C1)C2. The van der Waals surface area contributed by atoms with E-state index in [2.05, 4.69) is 17.2 Å². The molecular formula is C21H23N3O. The Kier molecular flexibility index (Phi) is 2.56. The van der Waals surface area contributed by atoms with E-state index in [4.69, 9.17) is 0 Å². The Morgan fingerprint density at radius 3 is 2.36 bits per heavy atom. The van der Waals surface area contributed by atoms with Crippen LogP contribution in [-0.2, 0) is 7.05 Å². The summed E-state index contributed by atoms with van der Waals surface area (Å²) in [4.78, 5) is 13.9. The second kappa shape index (κ2) is 4.54. The maximum absolute atomic E-state index is 13.9. The van der Waals surface area contributed by atoms with Gasteiger partial charge in [0.15, 0.2) is 0 Å². The Labute approximate surface area is 146 Å². The van der Waals surface area contributed by atoms with Gasteiger partial charge in [0, 0.05) is 12.4 Å². The first-order chi connectivity index (χ1) is 12.1. The molecule has 0 N–H and O–H groups in total. The van der Waals surface area contributed by atoms with Crippen molar-refractivity contribution in [2.75, 3.05) is 0 Å². The maximum Gasteiger partial charge on any atom is 0.237 e. The van der Waals surface area contributed by atoms with Gasteiger partial charge in [0.25, 0.3) is 0 Å². The Morgan fingerprint density at radius 2 is 1.68 bits per heavy atom. The zero-order chi connectivity index (χ0) is 16.8. The number of hydrogen-bond donors (Lipinski definition) is 0. The second-order valence-electron chi connectivity index (χ2n) is 8.86. The summed E-state index contributed by atoms with van der Waals surface area (Å²) in [6.45, 7) is 0. The number of fused-ring (bicyclic) bond motifs is 3. The van der Waals surface area contributed by atoms with Crippen LogP contribution in [-0.4, -0.2) is 20.3 Å². The lowest BCUT2D eigenvalue weighted by Crippen LogP contribution is -2.51. The lowest BCUT2D eigenvalue weighted by Gasteiger charge is -2.55. The van der Waals surface area contributed by atoms with Crippen molar-refractivity contribution in [2.24, 2.45) is 30.2 Å². The van der Waals surface area contributed by atoms with E-state index in [1.807, 2.05) is 34.6 Å². The van der Waals surface area contributed by atoms with Crippen molar-refractivity contribution in [2.45, 2.75) is 38.5 Å². The van der Waals surface area contributed by atoms with Gasteiger partial charge in [-0.15, -0.1) is 0 Å². The summed E-state index contributed by atoms with van der Waals surface area (Å²) in [7, 11) is 1.97. The number of aryl methyl sites for hydroxylation is 1. The van der Waals surface area contributed by atoms with Crippen LogP contribution in [0.25, 0.3) is 21.9 Å². The van der Waals surface area contributed by atoms with Crippen molar-refractivity contribution in [3.8, 4) is 0 Å². The Balaban J connectivity index is 1.58. The molecule has 4 bridgehead atoms. The number of para-hydroxylation sites is 1. The summed E-state index contributed by atoms with van der Waals surface area (Å²) in [5, 5.41) is 5.57. The molecule has 4 heteroatoms. The van der Waals surface area contributed by atoms with Crippen molar-refractivity contribution in [3.05, 3.63) is 30.5 Å². The quantitative estimate of drug-likeness (QED) is 0.663. The van der Waals surface area contributed by atoms with E-state index in [9.17, 15) is 4.79 Å². The molecule has 4 fully saturated rings. The smallest absolute Gasteiger partial charge is 0.237 e. The first-order valence-corrected chi connectivity index (χ1v) is 9.60. The zero-order valence-corrected chi connectivity index (χ0v) is 14.6. The van der Waals surface area contributed by atoms with E-state index >= 15 is 0 Å². The van der Waals surface area contributed by atoms with E-state index in [1.54, 1.807) is 0 Å². The van der Waals surface area contributed by atoms with Gasteiger partial charge in [0.2, 0.25) is 5.91 Å². The molecule has 0 radical (unpaired) electrons. The van der Waals surface area contributed by atoms with Crippen molar-refractivity contribution in [1.82, 2.24) is 14.3 Å². The number of aromatic nitrogens is 3. The topological polar surface area (TPSA) is 39.8 Å². The van der Waals surface area contributed by atoms with Crippen LogP contribution >= 0.6 is 0 Å². The van der Waals surface area contributed by atoms with Crippen LogP contribution in [0.15, 0.2) is 30.5 Å². The molecule has 1 aromatic carbocycles. The third kappa shape index (κ3) is 1.73. The molecule has 4 aliphatic carbocycles. The van der Waals surface area contributed by atoms with Gasteiger partial charge in [-0.3, -0.25) is 14.0 Å². The van der Waals surface area contributed by atoms with Crippen molar-refractivity contribution >= 4 is 27.8 Å². The molecule has 0 spiro atoms. The number of nitrogens with zero attached hydrogens (tertiary/aromatic N) is 3. The van der Waals surface area contributed by atoms with Gasteiger partial charge in [0.05, 0.1) is 28.2 Å². The molecule has 0 atom stereocenters. The molecule has 3 aromatic rings. The van der Waals surface area contributed by atoms with Gasteiger partial charge in [-0.05, 0) is 62.3 Å². The van der Waals surface area contributed by atoms with E-state index in [1.165, 1.54) is 19.3 Å². The molecule has 0 saturated heterocycles. The van der Waals surface area contributed by atoms with Crippen LogP contribution in [0.4, 0.5) is 0 Å². The van der Waals surface area contributed by atoms with Gasteiger partial charge in [-0.1, -0.05) is 18.2 Å². The van der Waals surface area contributed by atoms with E-state index < -0.39 is 0 Å². The van der Waals surface area contributed by atoms with Crippen LogP contribution in [0.2, 0.25) is 0 Å². The van der Waals surface area contributed by atoms with Gasteiger partial charge in [-0.25, -0.2) is 0 Å². The van der Waals surface area contributed by atoms with Crippen LogP contribution in [0.1, 0.15) is 43.3 Å². The lowest BCUT2D eigenvalue weighted by atomic mass is 9.49. The molecule has 2 heterocycles. The highest BCUT2D eigenvalue weighted by molar-refractivity contribution is 6.12. The van der Waals surface area contributed by atoms with Crippen molar-refractivity contribution in [3.63, 3.8) is 0 Å². The molecule has 7 rings (SSSR count). The first kappa shape index (κ1) is 14.1. The van der Waals surface area contributed by atoms with Gasteiger partial charge < -0.3 is 0 Å². The molecule has 25 heavy (non-hydrogen) atoms. The summed E-state index contributed by atoms with van der Waals surface area (Å²) in [5.74, 6) is 2.68. The second-order valence-corrected chi connectivity index (χ2v) is 8.86. The Bertz CT molecular complexity index is 989. The minimum atomic E-state index is -0.126.